The molecule has 0 saturated carbocycles. The Balaban J connectivity index is 1.86. The summed E-state index contributed by atoms with van der Waals surface area (Å²) in [5.74, 6) is 0.208. The van der Waals surface area contributed by atoms with E-state index < -0.39 is 0 Å². The first-order chi connectivity index (χ1) is 10.2. The fraction of sp³-hybridized carbons (Fsp3) is 0.562. The number of ether oxygens (including phenoxy) is 1. The maximum atomic E-state index is 12.4. The smallest absolute Gasteiger partial charge is 0.235 e. The van der Waals surface area contributed by atoms with Gasteiger partial charge in [0.05, 0.1) is 18.5 Å². The van der Waals surface area contributed by atoms with E-state index in [-0.39, 0.29) is 11.2 Å². The third-order valence-electron chi connectivity index (χ3n) is 3.49. The quantitative estimate of drug-likeness (QED) is 0.818. The van der Waals surface area contributed by atoms with Gasteiger partial charge in [0.15, 0.2) is 0 Å². The number of thioether (sulfide) groups is 1. The zero-order chi connectivity index (χ0) is 15.1. The first-order valence-corrected chi connectivity index (χ1v) is 8.41. The third-order valence-corrected chi connectivity index (χ3v) is 4.59. The van der Waals surface area contributed by atoms with Crippen molar-refractivity contribution in [2.24, 2.45) is 0 Å². The lowest BCUT2D eigenvalue weighted by Gasteiger charge is -2.29. The molecule has 1 N–H and O–H groups in total. The fourth-order valence-corrected chi connectivity index (χ4v) is 3.20. The molecule has 1 aliphatic heterocycles. The Morgan fingerprint density at radius 1 is 1.33 bits per heavy atom. The van der Waals surface area contributed by atoms with Crippen molar-refractivity contribution in [1.82, 2.24) is 10.2 Å². The molecule has 1 aromatic rings. The molecule has 5 heteroatoms. The van der Waals surface area contributed by atoms with Crippen LogP contribution in [0.4, 0.5) is 0 Å². The zero-order valence-electron chi connectivity index (χ0n) is 12.8. The first-order valence-electron chi connectivity index (χ1n) is 7.53. The molecule has 1 saturated heterocycles. The SMILES string of the molecule is CCNCc1ccc(SC(C)C(=O)N2CCOCC2)cc1. The predicted molar refractivity (Wildman–Crippen MR) is 86.5 cm³/mol. The van der Waals surface area contributed by atoms with Crippen molar-refractivity contribution in [2.45, 2.75) is 30.5 Å². The van der Waals surface area contributed by atoms with Crippen molar-refractivity contribution in [1.29, 1.82) is 0 Å². The number of nitrogens with one attached hydrogen (secondary N) is 1. The average molecular weight is 308 g/mol. The normalized spacial score (nSPS) is 16.8. The lowest BCUT2D eigenvalue weighted by atomic mass is 10.2. The van der Waals surface area contributed by atoms with Crippen LogP contribution in [0.15, 0.2) is 29.2 Å². The van der Waals surface area contributed by atoms with Gasteiger partial charge in [-0.05, 0) is 31.2 Å². The monoisotopic (exact) mass is 308 g/mol. The number of rotatable bonds is 6. The number of carbonyl (C=O) groups is 1. The number of amides is 1. The van der Waals surface area contributed by atoms with Gasteiger partial charge >= 0.3 is 0 Å². The Morgan fingerprint density at radius 3 is 2.62 bits per heavy atom. The first kappa shape index (κ1) is 16.3. The second-order valence-electron chi connectivity index (χ2n) is 5.12. The summed E-state index contributed by atoms with van der Waals surface area (Å²) in [5.41, 5.74) is 1.27. The summed E-state index contributed by atoms with van der Waals surface area (Å²) in [5, 5.41) is 3.25. The van der Waals surface area contributed by atoms with Crippen LogP contribution < -0.4 is 5.32 Å². The highest BCUT2D eigenvalue weighted by Gasteiger charge is 2.23. The van der Waals surface area contributed by atoms with Crippen molar-refractivity contribution in [2.75, 3.05) is 32.8 Å². The van der Waals surface area contributed by atoms with E-state index in [2.05, 4.69) is 36.5 Å². The van der Waals surface area contributed by atoms with Gasteiger partial charge in [-0.1, -0.05) is 19.1 Å². The molecule has 1 heterocycles. The van der Waals surface area contributed by atoms with Crippen LogP contribution in [0.5, 0.6) is 0 Å². The van der Waals surface area contributed by atoms with Crippen LogP contribution in [0, 0.1) is 0 Å². The van der Waals surface area contributed by atoms with Crippen LogP contribution in [-0.2, 0) is 16.1 Å². The van der Waals surface area contributed by atoms with Crippen LogP contribution in [0.2, 0.25) is 0 Å². The van der Waals surface area contributed by atoms with Gasteiger partial charge < -0.3 is 15.0 Å². The maximum Gasteiger partial charge on any atom is 0.235 e. The summed E-state index contributed by atoms with van der Waals surface area (Å²) in [4.78, 5) is 15.4. The molecular formula is C16H24N2O2S. The molecule has 21 heavy (non-hydrogen) atoms. The summed E-state index contributed by atoms with van der Waals surface area (Å²) in [6.45, 7) is 8.69. The van der Waals surface area contributed by atoms with Crippen LogP contribution in [-0.4, -0.2) is 48.9 Å². The van der Waals surface area contributed by atoms with Gasteiger partial charge in [-0.3, -0.25) is 4.79 Å². The van der Waals surface area contributed by atoms with Crippen molar-refractivity contribution in [3.8, 4) is 0 Å². The molecule has 116 valence electrons. The molecule has 0 aromatic heterocycles. The molecular weight excluding hydrogens is 284 g/mol. The van der Waals surface area contributed by atoms with Gasteiger partial charge in [0.25, 0.3) is 0 Å². The van der Waals surface area contributed by atoms with Gasteiger partial charge in [-0.25, -0.2) is 0 Å². The molecule has 1 atom stereocenters. The minimum Gasteiger partial charge on any atom is -0.378 e. The van der Waals surface area contributed by atoms with E-state index in [1.807, 2.05) is 11.8 Å². The largest absolute Gasteiger partial charge is 0.378 e. The second-order valence-corrected chi connectivity index (χ2v) is 6.54. The molecule has 0 aliphatic carbocycles. The second kappa shape index (κ2) is 8.41. The summed E-state index contributed by atoms with van der Waals surface area (Å²) >= 11 is 1.63. The molecule has 1 aliphatic rings. The highest BCUT2D eigenvalue weighted by Crippen LogP contribution is 2.25. The fourth-order valence-electron chi connectivity index (χ4n) is 2.25. The van der Waals surface area contributed by atoms with Crippen molar-refractivity contribution in [3.63, 3.8) is 0 Å². The number of carbonyl (C=O) groups excluding carboxylic acids is 1. The topological polar surface area (TPSA) is 41.6 Å². The molecule has 4 nitrogen and oxygen atoms in total. The molecule has 1 aromatic carbocycles. The summed E-state index contributed by atoms with van der Waals surface area (Å²) in [7, 11) is 0. The standard InChI is InChI=1S/C16H24N2O2S/c1-3-17-12-14-4-6-15(7-5-14)21-13(2)16(19)18-8-10-20-11-9-18/h4-7,13,17H,3,8-12H2,1-2H3. The van der Waals surface area contributed by atoms with Gasteiger partial charge in [-0.15, -0.1) is 11.8 Å². The third kappa shape index (κ3) is 5.02. The Morgan fingerprint density at radius 2 is 2.00 bits per heavy atom. The number of benzene rings is 1. The van der Waals surface area contributed by atoms with E-state index >= 15 is 0 Å². The summed E-state index contributed by atoms with van der Waals surface area (Å²) in [6, 6.07) is 8.44. The van der Waals surface area contributed by atoms with Crippen LogP contribution in [0.1, 0.15) is 19.4 Å². The Labute approximate surface area is 131 Å². The maximum absolute atomic E-state index is 12.4. The summed E-state index contributed by atoms with van der Waals surface area (Å²) < 4.78 is 5.29. The highest BCUT2D eigenvalue weighted by atomic mass is 32.2. The van der Waals surface area contributed by atoms with E-state index in [1.54, 1.807) is 11.8 Å². The highest BCUT2D eigenvalue weighted by molar-refractivity contribution is 8.00. The van der Waals surface area contributed by atoms with Crippen LogP contribution in [0.25, 0.3) is 0 Å². The van der Waals surface area contributed by atoms with Crippen molar-refractivity contribution >= 4 is 17.7 Å². The van der Waals surface area contributed by atoms with Crippen LogP contribution >= 0.6 is 11.8 Å². The van der Waals surface area contributed by atoms with Crippen LogP contribution in [0.3, 0.4) is 0 Å². The predicted octanol–water partition coefficient (Wildman–Crippen LogP) is 2.14. The lowest BCUT2D eigenvalue weighted by Crippen LogP contribution is -2.44. The molecule has 0 bridgehead atoms. The van der Waals surface area contributed by atoms with E-state index in [9.17, 15) is 4.79 Å². The van der Waals surface area contributed by atoms with Crippen molar-refractivity contribution < 1.29 is 9.53 Å². The molecule has 1 fully saturated rings. The Hall–Kier alpha value is -1.04. The molecule has 0 spiro atoms. The molecule has 1 unspecified atom stereocenters. The lowest BCUT2D eigenvalue weighted by molar-refractivity contribution is -0.134. The molecule has 1 amide bonds. The van der Waals surface area contributed by atoms with Gasteiger partial charge in [0.2, 0.25) is 5.91 Å². The Kier molecular flexibility index (Phi) is 6.54. The van der Waals surface area contributed by atoms with Crippen molar-refractivity contribution in [3.05, 3.63) is 29.8 Å². The molecule has 2 rings (SSSR count). The van der Waals surface area contributed by atoms with E-state index in [4.69, 9.17) is 4.74 Å². The number of hydrogen-bond donors (Lipinski definition) is 1. The van der Waals surface area contributed by atoms with Gasteiger partial charge in [-0.2, -0.15) is 0 Å². The van der Waals surface area contributed by atoms with E-state index in [1.165, 1.54) is 5.56 Å². The minimum absolute atomic E-state index is 0.0530. The number of morpholine rings is 1. The van der Waals surface area contributed by atoms with Gasteiger partial charge in [0.1, 0.15) is 0 Å². The number of hydrogen-bond acceptors (Lipinski definition) is 4. The van der Waals surface area contributed by atoms with E-state index in [0.717, 1.165) is 18.0 Å². The average Bonchev–Trinajstić information content (AvgIpc) is 2.54. The summed E-state index contributed by atoms with van der Waals surface area (Å²) in [6.07, 6.45) is 0. The van der Waals surface area contributed by atoms with Gasteiger partial charge in [0, 0.05) is 24.5 Å². The Bertz CT molecular complexity index is 444. The number of nitrogens with zero attached hydrogens (tertiary/aromatic N) is 1. The van der Waals surface area contributed by atoms with E-state index in [0.29, 0.717) is 26.3 Å². The minimum atomic E-state index is -0.0530. The molecule has 0 radical (unpaired) electrons. The zero-order valence-corrected chi connectivity index (χ0v) is 13.6.